The Morgan fingerprint density at radius 2 is 2.12 bits per heavy atom. The van der Waals surface area contributed by atoms with Gasteiger partial charge in [-0.25, -0.2) is 4.98 Å². The van der Waals surface area contributed by atoms with Crippen molar-refractivity contribution >= 4 is 21.6 Å². The Hall–Kier alpha value is -1.94. The normalized spacial score (nSPS) is 17.1. The van der Waals surface area contributed by atoms with Crippen molar-refractivity contribution in [2.45, 2.75) is 45.6 Å². The molecule has 0 saturated carbocycles. The van der Waals surface area contributed by atoms with E-state index in [1.165, 1.54) is 22.4 Å². The van der Waals surface area contributed by atoms with Crippen LogP contribution in [0.4, 0.5) is 0 Å². The van der Waals surface area contributed by atoms with Crippen molar-refractivity contribution < 1.29 is 0 Å². The molecule has 24 heavy (non-hydrogen) atoms. The smallest absolute Gasteiger partial charge is 0.262 e. The van der Waals surface area contributed by atoms with Gasteiger partial charge in [0.15, 0.2) is 0 Å². The molecule has 4 rings (SSSR count). The van der Waals surface area contributed by atoms with Gasteiger partial charge in [-0.05, 0) is 49.1 Å². The van der Waals surface area contributed by atoms with Gasteiger partial charge in [0.25, 0.3) is 5.56 Å². The van der Waals surface area contributed by atoms with Crippen molar-refractivity contribution in [1.29, 1.82) is 0 Å². The SMILES string of the molecule is C[C@H]1CCc2c(sc3ncn(CCCc4ccccc4)c(=O)c23)C1. The van der Waals surface area contributed by atoms with Crippen LogP contribution in [-0.4, -0.2) is 9.55 Å². The van der Waals surface area contributed by atoms with Crippen LogP contribution in [-0.2, 0) is 25.8 Å². The Labute approximate surface area is 146 Å². The molecule has 0 spiro atoms. The fourth-order valence-electron chi connectivity index (χ4n) is 3.62. The first-order chi connectivity index (χ1) is 11.7. The molecule has 0 amide bonds. The zero-order chi connectivity index (χ0) is 16.5. The van der Waals surface area contributed by atoms with Crippen LogP contribution in [0.15, 0.2) is 41.5 Å². The molecule has 0 saturated heterocycles. The average molecular weight is 338 g/mol. The first-order valence-electron chi connectivity index (χ1n) is 8.76. The molecular formula is C20H22N2OS. The molecule has 1 aliphatic rings. The summed E-state index contributed by atoms with van der Waals surface area (Å²) in [5.41, 5.74) is 2.75. The molecular weight excluding hydrogens is 316 g/mol. The molecule has 2 heterocycles. The van der Waals surface area contributed by atoms with Gasteiger partial charge in [-0.2, -0.15) is 0 Å². The summed E-state index contributed by atoms with van der Waals surface area (Å²) < 4.78 is 1.80. The fourth-order valence-corrected chi connectivity index (χ4v) is 4.96. The predicted octanol–water partition coefficient (Wildman–Crippen LogP) is 4.22. The van der Waals surface area contributed by atoms with Gasteiger partial charge in [0.05, 0.1) is 11.7 Å². The number of aromatic nitrogens is 2. The standard InChI is InChI=1S/C20H22N2OS/c1-14-9-10-16-17(12-14)24-19-18(16)20(23)22(13-21-19)11-5-8-15-6-3-2-4-7-15/h2-4,6-7,13-14H,5,8-12H2,1H3/t14-/m0/s1. The molecule has 0 unspecified atom stereocenters. The number of rotatable bonds is 4. The Morgan fingerprint density at radius 1 is 1.29 bits per heavy atom. The number of nitrogens with zero attached hydrogens (tertiary/aromatic N) is 2. The van der Waals surface area contributed by atoms with E-state index in [0.29, 0.717) is 0 Å². The van der Waals surface area contributed by atoms with Crippen molar-refractivity contribution in [3.63, 3.8) is 0 Å². The molecule has 3 nitrogen and oxygen atoms in total. The first kappa shape index (κ1) is 15.6. The summed E-state index contributed by atoms with van der Waals surface area (Å²) >= 11 is 1.72. The summed E-state index contributed by atoms with van der Waals surface area (Å²) in [5.74, 6) is 0.721. The fraction of sp³-hybridized carbons (Fsp3) is 0.400. The highest BCUT2D eigenvalue weighted by atomic mass is 32.1. The quantitative estimate of drug-likeness (QED) is 0.714. The first-order valence-corrected chi connectivity index (χ1v) is 9.57. The zero-order valence-electron chi connectivity index (χ0n) is 14.0. The van der Waals surface area contributed by atoms with E-state index in [2.05, 4.69) is 36.2 Å². The molecule has 3 aromatic rings. The highest BCUT2D eigenvalue weighted by Gasteiger charge is 2.23. The van der Waals surface area contributed by atoms with Crippen molar-refractivity contribution in [2.24, 2.45) is 5.92 Å². The number of hydrogen-bond donors (Lipinski definition) is 0. The maximum atomic E-state index is 12.9. The van der Waals surface area contributed by atoms with E-state index in [0.717, 1.165) is 48.4 Å². The molecule has 0 radical (unpaired) electrons. The van der Waals surface area contributed by atoms with Gasteiger partial charge in [-0.15, -0.1) is 11.3 Å². The minimum absolute atomic E-state index is 0.153. The van der Waals surface area contributed by atoms with E-state index >= 15 is 0 Å². The third-order valence-corrected chi connectivity index (χ3v) is 6.15. The van der Waals surface area contributed by atoms with Gasteiger partial charge in [-0.3, -0.25) is 9.36 Å². The summed E-state index contributed by atoms with van der Waals surface area (Å²) in [6.07, 6.45) is 7.00. The van der Waals surface area contributed by atoms with Gasteiger partial charge in [0.1, 0.15) is 4.83 Å². The lowest BCUT2D eigenvalue weighted by molar-refractivity contribution is 0.509. The third kappa shape index (κ3) is 2.91. The van der Waals surface area contributed by atoms with E-state index in [-0.39, 0.29) is 5.56 Å². The van der Waals surface area contributed by atoms with Gasteiger partial charge in [0, 0.05) is 11.4 Å². The second-order valence-corrected chi connectivity index (χ2v) is 7.95. The molecule has 0 aliphatic heterocycles. The van der Waals surface area contributed by atoms with Gasteiger partial charge in [0.2, 0.25) is 0 Å². The van der Waals surface area contributed by atoms with Crippen molar-refractivity contribution in [1.82, 2.24) is 9.55 Å². The summed E-state index contributed by atoms with van der Waals surface area (Å²) in [6, 6.07) is 10.4. The summed E-state index contributed by atoms with van der Waals surface area (Å²) in [5, 5.41) is 0.893. The monoisotopic (exact) mass is 338 g/mol. The molecule has 1 aromatic carbocycles. The van der Waals surface area contributed by atoms with Crippen LogP contribution in [0.1, 0.15) is 35.8 Å². The van der Waals surface area contributed by atoms with Crippen LogP contribution >= 0.6 is 11.3 Å². The van der Waals surface area contributed by atoms with E-state index in [1.807, 2.05) is 6.07 Å². The number of hydrogen-bond acceptors (Lipinski definition) is 3. The minimum Gasteiger partial charge on any atom is -0.299 e. The molecule has 0 N–H and O–H groups in total. The molecule has 2 aromatic heterocycles. The van der Waals surface area contributed by atoms with Crippen molar-refractivity contribution in [3.8, 4) is 0 Å². The van der Waals surface area contributed by atoms with Crippen molar-refractivity contribution in [2.75, 3.05) is 0 Å². The van der Waals surface area contributed by atoms with Crippen LogP contribution in [0.5, 0.6) is 0 Å². The largest absolute Gasteiger partial charge is 0.299 e. The van der Waals surface area contributed by atoms with Crippen LogP contribution < -0.4 is 5.56 Å². The van der Waals surface area contributed by atoms with Gasteiger partial charge in [-0.1, -0.05) is 37.3 Å². The highest BCUT2D eigenvalue weighted by Crippen LogP contribution is 2.35. The number of aryl methyl sites for hydroxylation is 3. The van der Waals surface area contributed by atoms with Gasteiger partial charge >= 0.3 is 0 Å². The summed E-state index contributed by atoms with van der Waals surface area (Å²) in [7, 11) is 0. The predicted molar refractivity (Wildman–Crippen MR) is 99.8 cm³/mol. The van der Waals surface area contributed by atoms with Crippen LogP contribution in [0.25, 0.3) is 10.2 Å². The lowest BCUT2D eigenvalue weighted by Crippen LogP contribution is -2.22. The lowest BCUT2D eigenvalue weighted by atomic mass is 9.89. The second-order valence-electron chi connectivity index (χ2n) is 6.86. The second kappa shape index (κ2) is 6.52. The number of fused-ring (bicyclic) bond motifs is 3. The zero-order valence-corrected chi connectivity index (χ0v) is 14.8. The Bertz CT molecular complexity index is 911. The van der Waals surface area contributed by atoms with Crippen molar-refractivity contribution in [3.05, 3.63) is 63.0 Å². The molecule has 4 heteroatoms. The Kier molecular flexibility index (Phi) is 4.23. The highest BCUT2D eigenvalue weighted by molar-refractivity contribution is 7.18. The molecule has 1 aliphatic carbocycles. The molecule has 0 bridgehead atoms. The van der Waals surface area contributed by atoms with E-state index in [1.54, 1.807) is 22.2 Å². The molecule has 0 fully saturated rings. The van der Waals surface area contributed by atoms with Crippen LogP contribution in [0.3, 0.4) is 0 Å². The van der Waals surface area contributed by atoms with Crippen LogP contribution in [0, 0.1) is 5.92 Å². The minimum atomic E-state index is 0.153. The van der Waals surface area contributed by atoms with Gasteiger partial charge < -0.3 is 0 Å². The van der Waals surface area contributed by atoms with E-state index in [4.69, 9.17) is 0 Å². The maximum Gasteiger partial charge on any atom is 0.262 e. The lowest BCUT2D eigenvalue weighted by Gasteiger charge is -2.17. The third-order valence-electron chi connectivity index (χ3n) is 4.99. The summed E-state index contributed by atoms with van der Waals surface area (Å²) in [4.78, 5) is 19.8. The Morgan fingerprint density at radius 3 is 2.96 bits per heavy atom. The molecule has 124 valence electrons. The van der Waals surface area contributed by atoms with E-state index in [9.17, 15) is 4.79 Å². The number of thiophene rings is 1. The maximum absolute atomic E-state index is 12.9. The average Bonchev–Trinajstić information content (AvgIpc) is 2.96. The Balaban J connectivity index is 1.58. The van der Waals surface area contributed by atoms with Crippen LogP contribution in [0.2, 0.25) is 0 Å². The molecule has 1 atom stereocenters. The summed E-state index contributed by atoms with van der Waals surface area (Å²) in [6.45, 7) is 3.03. The number of benzene rings is 1. The topological polar surface area (TPSA) is 34.9 Å². The van der Waals surface area contributed by atoms with E-state index < -0.39 is 0 Å².